The highest BCUT2D eigenvalue weighted by Gasteiger charge is 2.26. The van der Waals surface area contributed by atoms with Crippen molar-refractivity contribution in [3.8, 4) is 5.75 Å². The Hall–Kier alpha value is -1.46. The number of anilines is 1. The summed E-state index contributed by atoms with van der Waals surface area (Å²) in [5.41, 5.74) is 5.48. The molecule has 0 atom stereocenters. The van der Waals surface area contributed by atoms with Gasteiger partial charge in [0.2, 0.25) is 0 Å². The molecule has 0 aliphatic carbocycles. The predicted molar refractivity (Wildman–Crippen MR) is 51.6 cm³/mol. The van der Waals surface area contributed by atoms with Crippen LogP contribution < -0.4 is 10.5 Å². The van der Waals surface area contributed by atoms with E-state index < -0.39 is 18.4 Å². The predicted octanol–water partition coefficient (Wildman–Crippen LogP) is 3.13. The molecule has 0 fully saturated rings. The van der Waals surface area contributed by atoms with Crippen LogP contribution >= 0.6 is 0 Å². The van der Waals surface area contributed by atoms with Gasteiger partial charge in [-0.1, -0.05) is 0 Å². The normalized spacial score (nSPS) is 11.5. The van der Waals surface area contributed by atoms with Crippen LogP contribution in [0.3, 0.4) is 0 Å². The first-order valence-corrected chi connectivity index (χ1v) is 4.63. The van der Waals surface area contributed by atoms with Gasteiger partial charge in [0, 0.05) is 12.5 Å². The lowest BCUT2D eigenvalue weighted by atomic mass is 10.3. The molecule has 6 heteroatoms. The van der Waals surface area contributed by atoms with Crippen molar-refractivity contribution in [1.82, 2.24) is 0 Å². The van der Waals surface area contributed by atoms with Crippen LogP contribution in [-0.4, -0.2) is 12.8 Å². The zero-order valence-electron chi connectivity index (χ0n) is 8.35. The third-order valence-corrected chi connectivity index (χ3v) is 1.83. The van der Waals surface area contributed by atoms with Gasteiger partial charge in [-0.3, -0.25) is 0 Å². The van der Waals surface area contributed by atoms with Crippen molar-refractivity contribution >= 4 is 5.69 Å². The van der Waals surface area contributed by atoms with Crippen LogP contribution in [-0.2, 0) is 0 Å². The molecule has 0 saturated carbocycles. The van der Waals surface area contributed by atoms with Crippen molar-refractivity contribution < 1.29 is 22.3 Å². The molecule has 0 unspecified atom stereocenters. The number of rotatable bonds is 4. The number of halogens is 4. The molecule has 0 saturated heterocycles. The summed E-state index contributed by atoms with van der Waals surface area (Å²) in [5.74, 6) is -0.316. The van der Waals surface area contributed by atoms with E-state index in [1.54, 1.807) is 0 Å². The maximum Gasteiger partial charge on any atom is 0.389 e. The summed E-state index contributed by atoms with van der Waals surface area (Å²) in [7, 11) is 0. The molecule has 0 bridgehead atoms. The monoisotopic (exact) mass is 237 g/mol. The third kappa shape index (κ3) is 4.37. The molecular weight excluding hydrogens is 226 g/mol. The van der Waals surface area contributed by atoms with Crippen molar-refractivity contribution in [2.24, 2.45) is 0 Å². The van der Waals surface area contributed by atoms with Crippen molar-refractivity contribution in [3.63, 3.8) is 0 Å². The quantitative estimate of drug-likeness (QED) is 0.496. The van der Waals surface area contributed by atoms with E-state index >= 15 is 0 Å². The molecule has 1 aromatic rings. The van der Waals surface area contributed by atoms with Crippen LogP contribution in [0.25, 0.3) is 0 Å². The van der Waals surface area contributed by atoms with Gasteiger partial charge in [-0.25, -0.2) is 4.39 Å². The first-order valence-electron chi connectivity index (χ1n) is 4.63. The number of nitrogens with two attached hydrogens (primary N) is 1. The van der Waals surface area contributed by atoms with Crippen molar-refractivity contribution in [2.45, 2.75) is 19.0 Å². The number of ether oxygens (including phenoxy) is 1. The number of alkyl halides is 3. The second-order valence-electron chi connectivity index (χ2n) is 3.25. The van der Waals surface area contributed by atoms with Crippen LogP contribution in [0.15, 0.2) is 18.2 Å². The summed E-state index contributed by atoms with van der Waals surface area (Å²) in [6.45, 7) is -0.102. The Kier molecular flexibility index (Phi) is 3.98. The van der Waals surface area contributed by atoms with Gasteiger partial charge >= 0.3 is 6.18 Å². The summed E-state index contributed by atoms with van der Waals surface area (Å²) in [4.78, 5) is 0. The minimum absolute atomic E-state index is 0.0759. The van der Waals surface area contributed by atoms with E-state index in [2.05, 4.69) is 0 Å². The van der Waals surface area contributed by atoms with E-state index in [1.807, 2.05) is 0 Å². The van der Waals surface area contributed by atoms with E-state index in [9.17, 15) is 17.6 Å². The third-order valence-electron chi connectivity index (χ3n) is 1.83. The Morgan fingerprint density at radius 1 is 1.25 bits per heavy atom. The number of hydrogen-bond donors (Lipinski definition) is 1. The highest BCUT2D eigenvalue weighted by atomic mass is 19.4. The molecule has 1 rings (SSSR count). The Morgan fingerprint density at radius 2 is 1.94 bits per heavy atom. The first-order chi connectivity index (χ1) is 7.38. The zero-order chi connectivity index (χ0) is 12.2. The number of benzene rings is 1. The van der Waals surface area contributed by atoms with Crippen LogP contribution in [0.5, 0.6) is 5.75 Å². The SMILES string of the molecule is Nc1cc(F)ccc1OCCCC(F)(F)F. The molecule has 2 nitrogen and oxygen atoms in total. The Bertz CT molecular complexity index is 351. The summed E-state index contributed by atoms with van der Waals surface area (Å²) in [6, 6.07) is 3.48. The van der Waals surface area contributed by atoms with Gasteiger partial charge < -0.3 is 10.5 Å². The van der Waals surface area contributed by atoms with Crippen LogP contribution in [0.4, 0.5) is 23.2 Å². The minimum atomic E-state index is -4.18. The summed E-state index contributed by atoms with van der Waals surface area (Å²) >= 11 is 0. The van der Waals surface area contributed by atoms with E-state index in [0.29, 0.717) is 0 Å². The highest BCUT2D eigenvalue weighted by molar-refractivity contribution is 5.52. The molecule has 0 aromatic heterocycles. The molecule has 0 radical (unpaired) electrons. The Balaban J connectivity index is 2.38. The topological polar surface area (TPSA) is 35.2 Å². The smallest absolute Gasteiger partial charge is 0.389 e. The molecule has 90 valence electrons. The van der Waals surface area contributed by atoms with E-state index in [1.165, 1.54) is 6.07 Å². The Morgan fingerprint density at radius 3 is 2.50 bits per heavy atom. The van der Waals surface area contributed by atoms with Crippen LogP contribution in [0.2, 0.25) is 0 Å². The largest absolute Gasteiger partial charge is 0.491 e. The zero-order valence-corrected chi connectivity index (χ0v) is 8.35. The van der Waals surface area contributed by atoms with Crippen molar-refractivity contribution in [2.75, 3.05) is 12.3 Å². The second-order valence-corrected chi connectivity index (χ2v) is 3.25. The maximum atomic E-state index is 12.6. The lowest BCUT2D eigenvalue weighted by molar-refractivity contribution is -0.136. The summed E-state index contributed by atoms with van der Waals surface area (Å²) in [6.07, 6.45) is -5.24. The van der Waals surface area contributed by atoms with Gasteiger partial charge in [0.1, 0.15) is 11.6 Å². The fourth-order valence-electron chi connectivity index (χ4n) is 1.11. The fraction of sp³-hybridized carbons (Fsp3) is 0.400. The lowest BCUT2D eigenvalue weighted by Crippen LogP contribution is -2.10. The van der Waals surface area contributed by atoms with E-state index in [4.69, 9.17) is 10.5 Å². The molecule has 0 aliphatic heterocycles. The highest BCUT2D eigenvalue weighted by Crippen LogP contribution is 2.24. The molecule has 0 spiro atoms. The molecule has 1 aromatic carbocycles. The Labute approximate surface area is 90.0 Å². The second kappa shape index (κ2) is 5.05. The summed E-state index contributed by atoms with van der Waals surface area (Å²) < 4.78 is 53.0. The molecule has 0 heterocycles. The first kappa shape index (κ1) is 12.6. The van der Waals surface area contributed by atoms with Crippen molar-refractivity contribution in [1.29, 1.82) is 0 Å². The van der Waals surface area contributed by atoms with Gasteiger partial charge in [-0.15, -0.1) is 0 Å². The minimum Gasteiger partial charge on any atom is -0.491 e. The van der Waals surface area contributed by atoms with Crippen LogP contribution in [0.1, 0.15) is 12.8 Å². The average Bonchev–Trinajstić information content (AvgIpc) is 2.13. The van der Waals surface area contributed by atoms with E-state index in [-0.39, 0.29) is 24.5 Å². The van der Waals surface area contributed by atoms with Gasteiger partial charge in [-0.05, 0) is 18.6 Å². The molecule has 2 N–H and O–H groups in total. The fourth-order valence-corrected chi connectivity index (χ4v) is 1.11. The number of hydrogen-bond acceptors (Lipinski definition) is 2. The molecular formula is C10H11F4NO. The average molecular weight is 237 g/mol. The molecule has 16 heavy (non-hydrogen) atoms. The lowest BCUT2D eigenvalue weighted by Gasteiger charge is -2.09. The van der Waals surface area contributed by atoms with Gasteiger partial charge in [0.05, 0.1) is 12.3 Å². The van der Waals surface area contributed by atoms with Gasteiger partial charge in [0.15, 0.2) is 0 Å². The van der Waals surface area contributed by atoms with Gasteiger partial charge in [0.25, 0.3) is 0 Å². The molecule has 0 aliphatic rings. The van der Waals surface area contributed by atoms with Crippen molar-refractivity contribution in [3.05, 3.63) is 24.0 Å². The standard InChI is InChI=1S/C10H11F4NO/c11-7-2-3-9(8(15)6-7)16-5-1-4-10(12,13)14/h2-3,6H,1,4-5,15H2. The maximum absolute atomic E-state index is 12.6. The van der Waals surface area contributed by atoms with Gasteiger partial charge in [-0.2, -0.15) is 13.2 Å². The van der Waals surface area contributed by atoms with E-state index in [0.717, 1.165) is 12.1 Å². The van der Waals surface area contributed by atoms with Crippen LogP contribution in [0, 0.1) is 5.82 Å². The number of nitrogen functional groups attached to an aromatic ring is 1. The molecule has 0 amide bonds. The summed E-state index contributed by atoms with van der Waals surface area (Å²) in [5, 5.41) is 0.